The van der Waals surface area contributed by atoms with E-state index in [4.69, 9.17) is 5.73 Å². The van der Waals surface area contributed by atoms with Crippen LogP contribution >= 0.6 is 0 Å². The molecule has 0 aliphatic heterocycles. The van der Waals surface area contributed by atoms with Crippen molar-refractivity contribution < 1.29 is 4.39 Å². The number of nitrogens with one attached hydrogen (secondary N) is 1. The summed E-state index contributed by atoms with van der Waals surface area (Å²) in [6.45, 7) is 1.89. The van der Waals surface area contributed by atoms with Gasteiger partial charge in [0.15, 0.2) is 0 Å². The van der Waals surface area contributed by atoms with Crippen LogP contribution in [0.15, 0.2) is 18.2 Å². The monoisotopic (exact) mass is 168 g/mol. The first kappa shape index (κ1) is 9.00. The summed E-state index contributed by atoms with van der Waals surface area (Å²) < 4.78 is 13.1. The summed E-state index contributed by atoms with van der Waals surface area (Å²) in [7, 11) is 1.79. The molecule has 0 bridgehead atoms. The van der Waals surface area contributed by atoms with Crippen LogP contribution in [0.1, 0.15) is 18.5 Å². The number of hydrogen-bond donors (Lipinski definition) is 2. The van der Waals surface area contributed by atoms with E-state index in [1.807, 2.05) is 6.92 Å². The first-order chi connectivity index (χ1) is 5.65. The Balaban J connectivity index is 3.04. The molecule has 12 heavy (non-hydrogen) atoms. The molecule has 66 valence electrons. The molecule has 3 N–H and O–H groups in total. The van der Waals surface area contributed by atoms with Gasteiger partial charge in [0.25, 0.3) is 0 Å². The van der Waals surface area contributed by atoms with E-state index in [0.29, 0.717) is 11.3 Å². The van der Waals surface area contributed by atoms with E-state index in [1.165, 1.54) is 6.07 Å². The summed E-state index contributed by atoms with van der Waals surface area (Å²) in [5.41, 5.74) is 6.73. The predicted molar refractivity (Wildman–Crippen MR) is 48.3 cm³/mol. The highest BCUT2D eigenvalue weighted by molar-refractivity contribution is 5.42. The zero-order valence-electron chi connectivity index (χ0n) is 7.26. The third kappa shape index (κ3) is 1.74. The smallest absolute Gasteiger partial charge is 0.128 e. The van der Waals surface area contributed by atoms with Crippen LogP contribution in [0.5, 0.6) is 0 Å². The van der Waals surface area contributed by atoms with Gasteiger partial charge in [-0.15, -0.1) is 0 Å². The zero-order chi connectivity index (χ0) is 9.14. The van der Waals surface area contributed by atoms with Gasteiger partial charge in [-0.25, -0.2) is 4.39 Å². The number of nitrogen functional groups attached to an aromatic ring is 1. The zero-order valence-corrected chi connectivity index (χ0v) is 7.26. The van der Waals surface area contributed by atoms with Gasteiger partial charge < -0.3 is 11.1 Å². The highest BCUT2D eigenvalue weighted by Gasteiger charge is 2.08. The normalized spacial score (nSPS) is 12.9. The molecule has 1 atom stereocenters. The van der Waals surface area contributed by atoms with E-state index < -0.39 is 0 Å². The van der Waals surface area contributed by atoms with Crippen molar-refractivity contribution >= 4 is 5.69 Å². The Kier molecular flexibility index (Phi) is 2.65. The molecule has 1 rings (SSSR count). The van der Waals surface area contributed by atoms with Crippen LogP contribution in [0, 0.1) is 5.82 Å². The van der Waals surface area contributed by atoms with E-state index >= 15 is 0 Å². The average Bonchev–Trinajstić information content (AvgIpc) is 2.08. The second kappa shape index (κ2) is 3.54. The number of hydrogen-bond acceptors (Lipinski definition) is 2. The minimum Gasteiger partial charge on any atom is -0.399 e. The Bertz CT molecular complexity index is 273. The van der Waals surface area contributed by atoms with Crippen LogP contribution in [0.25, 0.3) is 0 Å². The number of halogens is 1. The van der Waals surface area contributed by atoms with Gasteiger partial charge in [0.05, 0.1) is 0 Å². The van der Waals surface area contributed by atoms with Crippen molar-refractivity contribution in [2.75, 3.05) is 12.8 Å². The summed E-state index contributed by atoms with van der Waals surface area (Å²) >= 11 is 0. The molecule has 0 aliphatic carbocycles. The first-order valence-corrected chi connectivity index (χ1v) is 3.87. The summed E-state index contributed by atoms with van der Waals surface area (Å²) in [6, 6.07) is 4.59. The van der Waals surface area contributed by atoms with Gasteiger partial charge in [0, 0.05) is 17.3 Å². The highest BCUT2D eigenvalue weighted by Crippen LogP contribution is 2.18. The average molecular weight is 168 g/mol. The standard InChI is InChI=1S/C9H13FN2/c1-6(12-2)8-5-7(11)3-4-9(8)10/h3-6,12H,11H2,1-2H3. The summed E-state index contributed by atoms with van der Waals surface area (Å²) in [6.07, 6.45) is 0. The molecule has 0 amide bonds. The molecule has 3 heteroatoms. The van der Waals surface area contributed by atoms with E-state index in [9.17, 15) is 4.39 Å². The van der Waals surface area contributed by atoms with Crippen molar-refractivity contribution in [2.45, 2.75) is 13.0 Å². The fraction of sp³-hybridized carbons (Fsp3) is 0.333. The second-order valence-corrected chi connectivity index (χ2v) is 2.79. The molecule has 0 saturated carbocycles. The van der Waals surface area contributed by atoms with Gasteiger partial charge in [0.1, 0.15) is 5.82 Å². The summed E-state index contributed by atoms with van der Waals surface area (Å²) in [4.78, 5) is 0. The van der Waals surface area contributed by atoms with Crippen LogP contribution in [-0.4, -0.2) is 7.05 Å². The fourth-order valence-corrected chi connectivity index (χ4v) is 1.05. The highest BCUT2D eigenvalue weighted by atomic mass is 19.1. The lowest BCUT2D eigenvalue weighted by Crippen LogP contribution is -2.14. The maximum atomic E-state index is 13.1. The van der Waals surface area contributed by atoms with Crippen molar-refractivity contribution in [1.29, 1.82) is 0 Å². The molecule has 1 aromatic rings. The van der Waals surface area contributed by atoms with Crippen molar-refractivity contribution in [1.82, 2.24) is 5.32 Å². The lowest BCUT2D eigenvalue weighted by molar-refractivity contribution is 0.562. The maximum Gasteiger partial charge on any atom is 0.128 e. The molecule has 0 saturated heterocycles. The Morgan fingerprint density at radius 1 is 1.50 bits per heavy atom. The molecule has 0 radical (unpaired) electrons. The number of nitrogens with two attached hydrogens (primary N) is 1. The number of benzene rings is 1. The fourth-order valence-electron chi connectivity index (χ4n) is 1.05. The van der Waals surface area contributed by atoms with Crippen molar-refractivity contribution in [3.05, 3.63) is 29.6 Å². The summed E-state index contributed by atoms with van der Waals surface area (Å²) in [5, 5.41) is 2.95. The molecule has 0 aromatic heterocycles. The molecule has 1 unspecified atom stereocenters. The molecular formula is C9H13FN2. The Morgan fingerprint density at radius 2 is 2.17 bits per heavy atom. The number of rotatable bonds is 2. The Morgan fingerprint density at radius 3 is 2.75 bits per heavy atom. The molecule has 2 nitrogen and oxygen atoms in total. The lowest BCUT2D eigenvalue weighted by atomic mass is 10.1. The molecule has 1 aromatic carbocycles. The Labute approximate surface area is 71.6 Å². The predicted octanol–water partition coefficient (Wildman–Crippen LogP) is 1.69. The van der Waals surface area contributed by atoms with Crippen LogP contribution in [0.2, 0.25) is 0 Å². The molecule has 0 aliphatic rings. The SMILES string of the molecule is CNC(C)c1cc(N)ccc1F. The topological polar surface area (TPSA) is 38.0 Å². The number of anilines is 1. The van der Waals surface area contributed by atoms with Gasteiger partial charge in [-0.05, 0) is 32.2 Å². The third-order valence-electron chi connectivity index (χ3n) is 1.92. The summed E-state index contributed by atoms with van der Waals surface area (Å²) in [5.74, 6) is -0.217. The first-order valence-electron chi connectivity index (χ1n) is 3.87. The quantitative estimate of drug-likeness (QED) is 0.659. The van der Waals surface area contributed by atoms with Crippen molar-refractivity contribution in [3.8, 4) is 0 Å². The van der Waals surface area contributed by atoms with Crippen LogP contribution in [0.4, 0.5) is 10.1 Å². The van der Waals surface area contributed by atoms with Crippen LogP contribution in [0.3, 0.4) is 0 Å². The molecular weight excluding hydrogens is 155 g/mol. The van der Waals surface area contributed by atoms with Gasteiger partial charge in [-0.2, -0.15) is 0 Å². The van der Waals surface area contributed by atoms with E-state index in [1.54, 1.807) is 19.2 Å². The minimum absolute atomic E-state index is 0.00602. The maximum absolute atomic E-state index is 13.1. The Hall–Kier alpha value is -1.09. The third-order valence-corrected chi connectivity index (χ3v) is 1.92. The van der Waals surface area contributed by atoms with Gasteiger partial charge in [-0.3, -0.25) is 0 Å². The second-order valence-electron chi connectivity index (χ2n) is 2.79. The lowest BCUT2D eigenvalue weighted by Gasteiger charge is -2.11. The van der Waals surface area contributed by atoms with E-state index in [-0.39, 0.29) is 11.9 Å². The minimum atomic E-state index is -0.217. The van der Waals surface area contributed by atoms with Crippen molar-refractivity contribution in [2.24, 2.45) is 0 Å². The molecule has 0 heterocycles. The van der Waals surface area contributed by atoms with Gasteiger partial charge >= 0.3 is 0 Å². The van der Waals surface area contributed by atoms with Gasteiger partial charge in [-0.1, -0.05) is 0 Å². The van der Waals surface area contributed by atoms with Crippen LogP contribution in [-0.2, 0) is 0 Å². The molecule has 0 spiro atoms. The van der Waals surface area contributed by atoms with E-state index in [2.05, 4.69) is 5.32 Å². The van der Waals surface area contributed by atoms with Crippen LogP contribution < -0.4 is 11.1 Å². The molecule has 0 fully saturated rings. The van der Waals surface area contributed by atoms with Crippen molar-refractivity contribution in [3.63, 3.8) is 0 Å². The largest absolute Gasteiger partial charge is 0.399 e. The van der Waals surface area contributed by atoms with E-state index in [0.717, 1.165) is 0 Å². The van der Waals surface area contributed by atoms with Gasteiger partial charge in [0.2, 0.25) is 0 Å².